The quantitative estimate of drug-likeness (QED) is 0.193. The van der Waals surface area contributed by atoms with E-state index in [1.54, 1.807) is 30.0 Å². The molecule has 0 radical (unpaired) electrons. The molecule has 4 aromatic carbocycles. The van der Waals surface area contributed by atoms with Crippen molar-refractivity contribution < 1.29 is 19.1 Å². The standard InChI is InChI=1S/C37H33N5O3S/c1-46-22-24-6-4-23(5-7-24)21-39-36(44)25-8-11-28-31(18-25)37(35(40-38)34(28)43)29-12-9-26(41-14-2-15-41)19-32(29)45-33-20-27(10-13-30(33)37)42-16-3-17-42/h4-13,18-20H,2-3,14-17,21-22H2,1H3,(H,39,44). The highest BCUT2D eigenvalue weighted by atomic mass is 32.2. The lowest BCUT2D eigenvalue weighted by Crippen LogP contribution is -2.41. The summed E-state index contributed by atoms with van der Waals surface area (Å²) in [4.78, 5) is 35.8. The maximum absolute atomic E-state index is 14.0. The smallest absolute Gasteiger partial charge is 0.358 e. The van der Waals surface area contributed by atoms with Crippen LogP contribution in [-0.4, -0.2) is 54.6 Å². The summed E-state index contributed by atoms with van der Waals surface area (Å²) in [5.74, 6) is 1.55. The van der Waals surface area contributed by atoms with Gasteiger partial charge >= 0.3 is 5.71 Å². The van der Waals surface area contributed by atoms with Crippen LogP contribution in [0.2, 0.25) is 0 Å². The maximum atomic E-state index is 14.0. The van der Waals surface area contributed by atoms with Crippen molar-refractivity contribution >= 4 is 40.5 Å². The van der Waals surface area contributed by atoms with Gasteiger partial charge in [0.25, 0.3) is 11.7 Å². The van der Waals surface area contributed by atoms with Crippen molar-refractivity contribution in [1.29, 1.82) is 0 Å². The molecule has 0 aromatic heterocycles. The van der Waals surface area contributed by atoms with Crippen LogP contribution in [0.4, 0.5) is 11.4 Å². The number of carbonyl (C=O) groups excluding carboxylic acids is 2. The van der Waals surface area contributed by atoms with E-state index >= 15 is 0 Å². The van der Waals surface area contributed by atoms with Crippen LogP contribution in [-0.2, 0) is 17.7 Å². The third-order valence-corrected chi connectivity index (χ3v) is 10.4. The van der Waals surface area contributed by atoms with E-state index in [1.807, 2.05) is 48.5 Å². The second-order valence-electron chi connectivity index (χ2n) is 12.4. The predicted octanol–water partition coefficient (Wildman–Crippen LogP) is 6.21. The van der Waals surface area contributed by atoms with Crippen LogP contribution in [0.3, 0.4) is 0 Å². The van der Waals surface area contributed by atoms with Crippen molar-refractivity contribution in [2.75, 3.05) is 42.2 Å². The van der Waals surface area contributed by atoms with Crippen LogP contribution in [0.25, 0.3) is 5.53 Å². The van der Waals surface area contributed by atoms with E-state index in [9.17, 15) is 15.1 Å². The van der Waals surface area contributed by atoms with Gasteiger partial charge in [0.15, 0.2) is 5.41 Å². The lowest BCUT2D eigenvalue weighted by Gasteiger charge is -2.39. The first-order valence-corrected chi connectivity index (χ1v) is 17.1. The third-order valence-electron chi connectivity index (χ3n) is 9.79. The van der Waals surface area contributed by atoms with Gasteiger partial charge in [0.05, 0.1) is 0 Å². The zero-order chi connectivity index (χ0) is 31.4. The number of anilines is 2. The minimum Gasteiger partial charge on any atom is -0.457 e. The molecule has 0 bridgehead atoms. The third kappa shape index (κ3) is 4.37. The van der Waals surface area contributed by atoms with Crippen LogP contribution < -0.4 is 19.9 Å². The number of hydrogen-bond acceptors (Lipinski definition) is 6. The van der Waals surface area contributed by atoms with Crippen molar-refractivity contribution in [2.45, 2.75) is 30.6 Å². The molecule has 0 unspecified atom stereocenters. The molecule has 0 saturated carbocycles. The van der Waals surface area contributed by atoms with Crippen molar-refractivity contribution in [3.63, 3.8) is 0 Å². The van der Waals surface area contributed by atoms with Gasteiger partial charge in [0, 0.05) is 84.2 Å². The summed E-state index contributed by atoms with van der Waals surface area (Å²) in [7, 11) is 0. The highest BCUT2D eigenvalue weighted by molar-refractivity contribution is 7.97. The van der Waals surface area contributed by atoms with Gasteiger partial charge < -0.3 is 25.4 Å². The number of Topliss-reactive ketones (excluding diaryl/α,β-unsaturated/α-hetero) is 1. The number of ether oxygens (including phenoxy) is 1. The molecule has 8 nitrogen and oxygen atoms in total. The zero-order valence-electron chi connectivity index (χ0n) is 25.6. The SMILES string of the molecule is CSCc1ccc(CNC(=O)c2ccc3c(c2)C2(C(=[N+]=[N-])C3=O)c3ccc(N4CCC4)cc3Oc3cc(N4CCC4)ccc32)cc1. The van der Waals surface area contributed by atoms with Crippen molar-refractivity contribution in [1.82, 2.24) is 5.32 Å². The van der Waals surface area contributed by atoms with Crippen LogP contribution in [0.5, 0.6) is 11.5 Å². The van der Waals surface area contributed by atoms with Crippen LogP contribution >= 0.6 is 11.8 Å². The molecule has 3 aliphatic heterocycles. The fourth-order valence-electron chi connectivity index (χ4n) is 7.11. The molecule has 9 heteroatoms. The van der Waals surface area contributed by atoms with Crippen LogP contribution in [0.15, 0.2) is 78.9 Å². The van der Waals surface area contributed by atoms with Gasteiger partial charge in [-0.1, -0.05) is 36.4 Å². The Bertz CT molecular complexity index is 1900. The highest BCUT2D eigenvalue weighted by Gasteiger charge is 2.62. The number of ketones is 1. The number of fused-ring (bicyclic) bond motifs is 6. The number of carbonyl (C=O) groups is 2. The van der Waals surface area contributed by atoms with E-state index in [-0.39, 0.29) is 17.4 Å². The van der Waals surface area contributed by atoms with Crippen molar-refractivity contribution in [3.05, 3.63) is 123 Å². The first-order chi connectivity index (χ1) is 22.5. The van der Waals surface area contributed by atoms with Gasteiger partial charge in [-0.2, -0.15) is 16.6 Å². The van der Waals surface area contributed by atoms with Crippen molar-refractivity contribution in [2.24, 2.45) is 0 Å². The molecular weight excluding hydrogens is 595 g/mol. The lowest BCUT2D eigenvalue weighted by atomic mass is 9.67. The Morgan fingerprint density at radius 1 is 0.848 bits per heavy atom. The summed E-state index contributed by atoms with van der Waals surface area (Å²) in [5, 5.41) is 3.05. The van der Waals surface area contributed by atoms with E-state index in [1.165, 1.54) is 5.56 Å². The molecule has 1 aliphatic carbocycles. The normalized spacial score (nSPS) is 16.9. The first kappa shape index (κ1) is 28.6. The molecule has 0 atom stereocenters. The molecule has 8 rings (SSSR count). The van der Waals surface area contributed by atoms with E-state index in [2.05, 4.69) is 38.3 Å². The largest absolute Gasteiger partial charge is 0.457 e. The summed E-state index contributed by atoms with van der Waals surface area (Å²) in [5.41, 5.74) is 16.5. The molecule has 2 saturated heterocycles. The Hall–Kier alpha value is -4.85. The Balaban J connectivity index is 1.24. The summed E-state index contributed by atoms with van der Waals surface area (Å²) in [6, 6.07) is 25.5. The molecule has 1 amide bonds. The van der Waals surface area contributed by atoms with Gasteiger partial charge in [-0.25, -0.2) is 0 Å². The second-order valence-corrected chi connectivity index (χ2v) is 13.2. The molecule has 230 valence electrons. The number of benzene rings is 4. The predicted molar refractivity (Wildman–Crippen MR) is 181 cm³/mol. The Labute approximate surface area is 272 Å². The minimum absolute atomic E-state index is 0.00425. The van der Waals surface area contributed by atoms with Crippen molar-refractivity contribution in [3.8, 4) is 11.5 Å². The molecule has 3 heterocycles. The number of amides is 1. The number of nitrogens with one attached hydrogen (secondary N) is 1. The summed E-state index contributed by atoms with van der Waals surface area (Å²) in [6.07, 6.45) is 4.35. The Morgan fingerprint density at radius 3 is 2.00 bits per heavy atom. The van der Waals surface area contributed by atoms with E-state index in [0.29, 0.717) is 45.9 Å². The van der Waals surface area contributed by atoms with E-state index in [4.69, 9.17) is 4.74 Å². The van der Waals surface area contributed by atoms with E-state index in [0.717, 1.165) is 61.7 Å². The van der Waals surface area contributed by atoms with Gasteiger partial charge in [-0.05, 0) is 66.1 Å². The van der Waals surface area contributed by atoms with Gasteiger partial charge in [-0.3, -0.25) is 9.59 Å². The summed E-state index contributed by atoms with van der Waals surface area (Å²) < 4.78 is 6.63. The molecule has 4 aliphatic rings. The monoisotopic (exact) mass is 627 g/mol. The first-order valence-electron chi connectivity index (χ1n) is 15.7. The van der Waals surface area contributed by atoms with Gasteiger partial charge in [-0.15, -0.1) is 0 Å². The summed E-state index contributed by atoms with van der Waals surface area (Å²) in [6.45, 7) is 4.28. The van der Waals surface area contributed by atoms with E-state index < -0.39 is 5.41 Å². The maximum Gasteiger partial charge on any atom is 0.358 e. The number of hydrogen-bond donors (Lipinski definition) is 1. The minimum atomic E-state index is -1.26. The number of rotatable bonds is 7. The Morgan fingerprint density at radius 2 is 1.46 bits per heavy atom. The second kappa shape index (κ2) is 11.2. The molecule has 46 heavy (non-hydrogen) atoms. The number of thioether (sulfide) groups is 1. The summed E-state index contributed by atoms with van der Waals surface area (Å²) >= 11 is 1.77. The molecule has 1 N–H and O–H groups in total. The Kier molecular flexibility index (Phi) is 6.96. The lowest BCUT2D eigenvalue weighted by molar-refractivity contribution is -0.0118. The fraction of sp³-hybridized carbons (Fsp3) is 0.270. The van der Waals surface area contributed by atoms with Crippen LogP contribution in [0, 0.1) is 0 Å². The molecule has 2 fully saturated rings. The fourth-order valence-corrected chi connectivity index (χ4v) is 7.63. The molecule has 4 aromatic rings. The van der Waals surface area contributed by atoms with Crippen LogP contribution in [0.1, 0.15) is 61.4 Å². The molecule has 1 spiro atoms. The van der Waals surface area contributed by atoms with Gasteiger partial charge in [0.2, 0.25) is 0 Å². The topological polar surface area (TPSA) is 98.3 Å². The number of nitrogens with zero attached hydrogens (tertiary/aromatic N) is 4. The average Bonchev–Trinajstić information content (AvgIpc) is 3.26. The average molecular weight is 628 g/mol. The highest BCUT2D eigenvalue weighted by Crippen LogP contribution is 2.57. The van der Waals surface area contributed by atoms with Gasteiger partial charge in [0.1, 0.15) is 11.5 Å². The molecular formula is C37H33N5O3S. The zero-order valence-corrected chi connectivity index (χ0v) is 26.4.